The predicted octanol–water partition coefficient (Wildman–Crippen LogP) is 3.97. The lowest BCUT2D eigenvalue weighted by Crippen LogP contribution is -2.22. The summed E-state index contributed by atoms with van der Waals surface area (Å²) >= 11 is 0. The van der Waals surface area contributed by atoms with Crippen molar-refractivity contribution >= 4 is 17.3 Å². The number of carbonyl (C=O) groups is 1. The van der Waals surface area contributed by atoms with E-state index in [0.717, 1.165) is 16.9 Å². The van der Waals surface area contributed by atoms with Crippen LogP contribution in [0.1, 0.15) is 27.2 Å². The molecule has 3 rings (SSSR count). The number of anilines is 2. The maximum Gasteiger partial charge on any atom is 0.253 e. The summed E-state index contributed by atoms with van der Waals surface area (Å²) in [6.45, 7) is 4.45. The van der Waals surface area contributed by atoms with Gasteiger partial charge < -0.3 is 15.1 Å². The number of carbonyl (C=O) groups excluding carboxylic acids is 1. The van der Waals surface area contributed by atoms with Crippen molar-refractivity contribution in [1.82, 2.24) is 10.3 Å². The summed E-state index contributed by atoms with van der Waals surface area (Å²) in [5.41, 5.74) is 4.62. The Morgan fingerprint density at radius 2 is 2.04 bits per heavy atom. The first-order valence-electron chi connectivity index (χ1n) is 7.72. The molecule has 2 aromatic heterocycles. The van der Waals surface area contributed by atoms with Gasteiger partial charge in [0.1, 0.15) is 5.76 Å². The van der Waals surface area contributed by atoms with Crippen molar-refractivity contribution in [3.63, 3.8) is 0 Å². The van der Waals surface area contributed by atoms with Crippen molar-refractivity contribution in [3.8, 4) is 0 Å². The van der Waals surface area contributed by atoms with Crippen LogP contribution in [-0.4, -0.2) is 10.9 Å². The summed E-state index contributed by atoms with van der Waals surface area (Å²) in [4.78, 5) is 16.4. The number of pyridine rings is 1. The molecule has 0 atom stereocenters. The normalized spacial score (nSPS) is 10.4. The summed E-state index contributed by atoms with van der Waals surface area (Å²) in [6, 6.07) is 11.6. The maximum absolute atomic E-state index is 12.2. The molecule has 0 bridgehead atoms. The number of nitrogens with one attached hydrogen (secondary N) is 2. The summed E-state index contributed by atoms with van der Waals surface area (Å²) in [6.07, 6.45) is 4.82. The lowest BCUT2D eigenvalue weighted by Gasteiger charge is -2.11. The second-order valence-electron chi connectivity index (χ2n) is 5.67. The number of furan rings is 1. The van der Waals surface area contributed by atoms with Crippen LogP contribution in [-0.2, 0) is 6.54 Å². The molecular weight excluding hydrogens is 302 g/mol. The molecule has 2 N–H and O–H groups in total. The fourth-order valence-electron chi connectivity index (χ4n) is 2.42. The molecule has 0 aliphatic rings. The minimum Gasteiger partial charge on any atom is -0.467 e. The molecule has 0 aliphatic heterocycles. The van der Waals surface area contributed by atoms with E-state index in [1.807, 2.05) is 25.1 Å². The van der Waals surface area contributed by atoms with Crippen molar-refractivity contribution < 1.29 is 9.21 Å². The Labute approximate surface area is 140 Å². The first kappa shape index (κ1) is 15.8. The largest absolute Gasteiger partial charge is 0.467 e. The average molecular weight is 321 g/mol. The molecule has 5 heteroatoms. The molecule has 0 spiro atoms. The number of benzene rings is 1. The second-order valence-corrected chi connectivity index (χ2v) is 5.67. The van der Waals surface area contributed by atoms with Crippen molar-refractivity contribution in [1.29, 1.82) is 0 Å². The van der Waals surface area contributed by atoms with E-state index in [1.165, 1.54) is 5.56 Å². The van der Waals surface area contributed by atoms with E-state index < -0.39 is 0 Å². The summed E-state index contributed by atoms with van der Waals surface area (Å²) in [7, 11) is 0. The number of rotatable bonds is 5. The Morgan fingerprint density at radius 1 is 1.17 bits per heavy atom. The quantitative estimate of drug-likeness (QED) is 0.746. The van der Waals surface area contributed by atoms with Crippen molar-refractivity contribution in [2.75, 3.05) is 5.32 Å². The van der Waals surface area contributed by atoms with Crippen LogP contribution < -0.4 is 10.6 Å². The third-order valence-electron chi connectivity index (χ3n) is 3.66. The molecular formula is C19H19N3O2. The van der Waals surface area contributed by atoms with Crippen LogP contribution in [0, 0.1) is 13.8 Å². The molecule has 5 nitrogen and oxygen atoms in total. The van der Waals surface area contributed by atoms with Gasteiger partial charge in [-0.3, -0.25) is 9.78 Å². The molecule has 24 heavy (non-hydrogen) atoms. The molecule has 1 aromatic carbocycles. The molecule has 0 aliphatic carbocycles. The molecule has 0 radical (unpaired) electrons. The fraction of sp³-hybridized carbons (Fsp3) is 0.158. The maximum atomic E-state index is 12.2. The van der Waals surface area contributed by atoms with Crippen LogP contribution in [0.5, 0.6) is 0 Å². The predicted molar refractivity (Wildman–Crippen MR) is 93.3 cm³/mol. The minimum atomic E-state index is -0.192. The molecule has 2 heterocycles. The highest BCUT2D eigenvalue weighted by atomic mass is 16.3. The first-order valence-corrected chi connectivity index (χ1v) is 7.72. The van der Waals surface area contributed by atoms with Crippen molar-refractivity contribution in [2.24, 2.45) is 0 Å². The van der Waals surface area contributed by atoms with Gasteiger partial charge in [-0.05, 0) is 43.7 Å². The molecule has 0 fully saturated rings. The molecule has 1 amide bonds. The number of hydrogen-bond donors (Lipinski definition) is 2. The fourth-order valence-corrected chi connectivity index (χ4v) is 2.42. The molecule has 122 valence electrons. The van der Waals surface area contributed by atoms with Crippen LogP contribution in [0.3, 0.4) is 0 Å². The van der Waals surface area contributed by atoms with E-state index >= 15 is 0 Å². The third kappa shape index (κ3) is 3.81. The van der Waals surface area contributed by atoms with Crippen LogP contribution in [0.25, 0.3) is 0 Å². The number of aromatic nitrogens is 1. The Morgan fingerprint density at radius 3 is 2.79 bits per heavy atom. The zero-order valence-electron chi connectivity index (χ0n) is 13.7. The highest BCUT2D eigenvalue weighted by molar-refractivity contribution is 5.94. The van der Waals surface area contributed by atoms with Gasteiger partial charge in [-0.25, -0.2) is 0 Å². The third-order valence-corrected chi connectivity index (χ3v) is 3.66. The van der Waals surface area contributed by atoms with Gasteiger partial charge in [-0.15, -0.1) is 0 Å². The van der Waals surface area contributed by atoms with Gasteiger partial charge >= 0.3 is 0 Å². The van der Waals surface area contributed by atoms with Crippen LogP contribution in [0.15, 0.2) is 59.5 Å². The lowest BCUT2D eigenvalue weighted by molar-refractivity contribution is 0.0947. The molecule has 0 saturated heterocycles. The van der Waals surface area contributed by atoms with E-state index in [9.17, 15) is 4.79 Å². The van der Waals surface area contributed by atoms with Crippen molar-refractivity contribution in [2.45, 2.75) is 20.4 Å². The SMILES string of the molecule is Cc1ccc(Nc2cncc(C(=O)NCc3ccco3)c2)c(C)c1. The van der Waals surface area contributed by atoms with Crippen LogP contribution in [0.4, 0.5) is 11.4 Å². The molecule has 0 saturated carbocycles. The highest BCUT2D eigenvalue weighted by Crippen LogP contribution is 2.21. The van der Waals surface area contributed by atoms with E-state index in [0.29, 0.717) is 17.9 Å². The van der Waals surface area contributed by atoms with E-state index in [2.05, 4.69) is 28.6 Å². The summed E-state index contributed by atoms with van der Waals surface area (Å²) < 4.78 is 5.20. The van der Waals surface area contributed by atoms with Gasteiger partial charge in [0.15, 0.2) is 0 Å². The van der Waals surface area contributed by atoms with Gasteiger partial charge in [0.05, 0.1) is 30.3 Å². The minimum absolute atomic E-state index is 0.192. The van der Waals surface area contributed by atoms with Gasteiger partial charge in [0.2, 0.25) is 0 Å². The number of hydrogen-bond acceptors (Lipinski definition) is 4. The van der Waals surface area contributed by atoms with E-state index in [1.54, 1.807) is 30.8 Å². The average Bonchev–Trinajstić information content (AvgIpc) is 3.09. The number of amides is 1. The monoisotopic (exact) mass is 321 g/mol. The highest BCUT2D eigenvalue weighted by Gasteiger charge is 2.08. The Balaban J connectivity index is 1.70. The van der Waals surface area contributed by atoms with E-state index in [4.69, 9.17) is 4.42 Å². The Bertz CT molecular complexity index is 842. The standard InChI is InChI=1S/C19H19N3O2/c1-13-5-6-18(14(2)8-13)22-16-9-15(10-20-11-16)19(23)21-12-17-4-3-7-24-17/h3-11,22H,12H2,1-2H3,(H,21,23). The number of nitrogens with zero attached hydrogens (tertiary/aromatic N) is 1. The van der Waals surface area contributed by atoms with Crippen LogP contribution in [0.2, 0.25) is 0 Å². The Hall–Kier alpha value is -3.08. The second kappa shape index (κ2) is 7.00. The van der Waals surface area contributed by atoms with Gasteiger partial charge in [0.25, 0.3) is 5.91 Å². The Kier molecular flexibility index (Phi) is 4.61. The molecule has 3 aromatic rings. The van der Waals surface area contributed by atoms with Gasteiger partial charge in [-0.2, -0.15) is 0 Å². The van der Waals surface area contributed by atoms with Crippen molar-refractivity contribution in [3.05, 3.63) is 77.5 Å². The van der Waals surface area contributed by atoms with Gasteiger partial charge in [-0.1, -0.05) is 17.7 Å². The smallest absolute Gasteiger partial charge is 0.253 e. The van der Waals surface area contributed by atoms with E-state index in [-0.39, 0.29) is 5.91 Å². The topological polar surface area (TPSA) is 67.2 Å². The zero-order chi connectivity index (χ0) is 16.9. The summed E-state index contributed by atoms with van der Waals surface area (Å²) in [5, 5.41) is 6.11. The number of aryl methyl sites for hydroxylation is 2. The van der Waals surface area contributed by atoms with Gasteiger partial charge in [0, 0.05) is 11.9 Å². The zero-order valence-corrected chi connectivity index (χ0v) is 13.7. The van der Waals surface area contributed by atoms with Crippen LogP contribution >= 0.6 is 0 Å². The molecule has 0 unspecified atom stereocenters. The summed E-state index contributed by atoms with van der Waals surface area (Å²) in [5.74, 6) is 0.518. The lowest BCUT2D eigenvalue weighted by atomic mass is 10.1. The first-order chi connectivity index (χ1) is 11.6.